The van der Waals surface area contributed by atoms with Gasteiger partial charge in [-0.1, -0.05) is 30.9 Å². The topological polar surface area (TPSA) is 17.1 Å². The first-order valence-corrected chi connectivity index (χ1v) is 4.87. The molecule has 0 saturated heterocycles. The lowest BCUT2D eigenvalue weighted by Crippen LogP contribution is -2.41. The Morgan fingerprint density at radius 3 is 2.85 bits per heavy atom. The van der Waals surface area contributed by atoms with Gasteiger partial charge in [0.2, 0.25) is 0 Å². The van der Waals surface area contributed by atoms with Gasteiger partial charge in [-0.05, 0) is 23.8 Å². The van der Waals surface area contributed by atoms with E-state index in [9.17, 15) is 4.79 Å². The molecule has 2 bridgehead atoms. The lowest BCUT2D eigenvalue weighted by atomic mass is 9.61. The van der Waals surface area contributed by atoms with Crippen molar-refractivity contribution in [1.82, 2.24) is 0 Å². The summed E-state index contributed by atoms with van der Waals surface area (Å²) in [5, 5.41) is 0. The summed E-state index contributed by atoms with van der Waals surface area (Å²) >= 11 is 0. The molecule has 0 unspecified atom stereocenters. The van der Waals surface area contributed by atoms with E-state index in [0.717, 1.165) is 12.0 Å². The monoisotopic (exact) mass is 172 g/mol. The van der Waals surface area contributed by atoms with Crippen LogP contribution in [0.25, 0.3) is 0 Å². The predicted octanol–water partition coefficient (Wildman–Crippen LogP) is 2.12. The molecule has 4 aliphatic carbocycles. The molecule has 0 N–H and O–H groups in total. The van der Waals surface area contributed by atoms with Gasteiger partial charge in [0.15, 0.2) is 5.78 Å². The smallest absolute Gasteiger partial charge is 0.166 e. The van der Waals surface area contributed by atoms with Crippen LogP contribution in [-0.4, -0.2) is 5.78 Å². The number of hydrogen-bond donors (Lipinski definition) is 0. The first kappa shape index (κ1) is 7.31. The molecule has 13 heavy (non-hydrogen) atoms. The number of ketones is 1. The minimum Gasteiger partial charge on any atom is -0.294 e. The van der Waals surface area contributed by atoms with E-state index in [-0.39, 0.29) is 11.7 Å². The Bertz CT molecular complexity index is 348. The third kappa shape index (κ3) is 0.749. The van der Waals surface area contributed by atoms with Crippen LogP contribution in [0.15, 0.2) is 36.5 Å². The Hall–Kier alpha value is -1.11. The van der Waals surface area contributed by atoms with Crippen LogP contribution in [0.3, 0.4) is 0 Å². The minimum absolute atomic E-state index is 0.112. The van der Waals surface area contributed by atoms with Gasteiger partial charge >= 0.3 is 0 Å². The SMILES string of the molecule is C=C1C(=O)[C@H]2C=C[C@@H]1[C@@H]1CC=C[C@@H]12. The zero-order chi connectivity index (χ0) is 9.00. The Morgan fingerprint density at radius 1 is 1.23 bits per heavy atom. The van der Waals surface area contributed by atoms with Crippen LogP contribution < -0.4 is 0 Å². The van der Waals surface area contributed by atoms with E-state index < -0.39 is 0 Å². The molecule has 0 aromatic heterocycles. The van der Waals surface area contributed by atoms with E-state index in [1.807, 2.05) is 0 Å². The molecule has 0 spiro atoms. The van der Waals surface area contributed by atoms with Gasteiger partial charge in [0.05, 0.1) is 0 Å². The molecular weight excluding hydrogens is 160 g/mol. The highest BCUT2D eigenvalue weighted by Gasteiger charge is 2.47. The predicted molar refractivity (Wildman–Crippen MR) is 51.0 cm³/mol. The van der Waals surface area contributed by atoms with Gasteiger partial charge in [-0.2, -0.15) is 0 Å². The Balaban J connectivity index is 2.12. The minimum atomic E-state index is 0.112. The lowest BCUT2D eigenvalue weighted by molar-refractivity contribution is -0.122. The van der Waals surface area contributed by atoms with Crippen LogP contribution in [0.4, 0.5) is 0 Å². The summed E-state index contributed by atoms with van der Waals surface area (Å²) in [6.07, 6.45) is 9.83. The molecule has 0 heterocycles. The standard InChI is InChI=1S/C12H12O/c1-7-8-5-6-11(12(7)13)10-4-2-3-9(8)10/h2,4-6,8-11H,1,3H2/t8-,9-,10-,11-/m0/s1. The van der Waals surface area contributed by atoms with Crippen molar-refractivity contribution in [2.24, 2.45) is 23.7 Å². The van der Waals surface area contributed by atoms with Gasteiger partial charge in [0, 0.05) is 11.8 Å². The van der Waals surface area contributed by atoms with Crippen molar-refractivity contribution < 1.29 is 4.79 Å². The van der Waals surface area contributed by atoms with Crippen molar-refractivity contribution in [1.29, 1.82) is 0 Å². The van der Waals surface area contributed by atoms with Gasteiger partial charge in [-0.3, -0.25) is 4.79 Å². The summed E-state index contributed by atoms with van der Waals surface area (Å²) in [4.78, 5) is 11.7. The van der Waals surface area contributed by atoms with Crippen molar-refractivity contribution in [3.63, 3.8) is 0 Å². The fraction of sp³-hybridized carbons (Fsp3) is 0.417. The van der Waals surface area contributed by atoms with E-state index in [4.69, 9.17) is 0 Å². The molecular formula is C12H12O. The summed E-state index contributed by atoms with van der Waals surface area (Å²) in [7, 11) is 0. The molecule has 0 radical (unpaired) electrons. The highest BCUT2D eigenvalue weighted by Crippen LogP contribution is 2.49. The first-order valence-electron chi connectivity index (χ1n) is 4.87. The summed E-state index contributed by atoms with van der Waals surface area (Å²) in [6.45, 7) is 3.91. The van der Waals surface area contributed by atoms with Crippen LogP contribution in [-0.2, 0) is 4.79 Å². The fourth-order valence-electron chi connectivity index (χ4n) is 2.99. The van der Waals surface area contributed by atoms with E-state index in [2.05, 4.69) is 30.9 Å². The molecule has 4 aliphatic rings. The van der Waals surface area contributed by atoms with Crippen LogP contribution >= 0.6 is 0 Å². The van der Waals surface area contributed by atoms with Crippen molar-refractivity contribution >= 4 is 5.78 Å². The van der Waals surface area contributed by atoms with Crippen molar-refractivity contribution in [3.8, 4) is 0 Å². The van der Waals surface area contributed by atoms with E-state index in [1.165, 1.54) is 0 Å². The lowest BCUT2D eigenvalue weighted by Gasteiger charge is -2.41. The van der Waals surface area contributed by atoms with Gasteiger partial charge in [0.1, 0.15) is 0 Å². The number of Topliss-reactive ketones (excluding diaryl/α,β-unsaturated/α-hetero) is 1. The van der Waals surface area contributed by atoms with Crippen molar-refractivity contribution in [2.75, 3.05) is 0 Å². The molecule has 0 amide bonds. The molecule has 0 aliphatic heterocycles. The van der Waals surface area contributed by atoms with Crippen molar-refractivity contribution in [3.05, 3.63) is 36.5 Å². The quantitative estimate of drug-likeness (QED) is 0.404. The molecule has 1 heteroatoms. The summed E-state index contributed by atoms with van der Waals surface area (Å²) in [5.74, 6) is 1.84. The zero-order valence-corrected chi connectivity index (χ0v) is 7.44. The van der Waals surface area contributed by atoms with Gasteiger partial charge in [0.25, 0.3) is 0 Å². The van der Waals surface area contributed by atoms with E-state index >= 15 is 0 Å². The number of hydrogen-bond acceptors (Lipinski definition) is 1. The number of carbonyl (C=O) groups is 1. The van der Waals surface area contributed by atoms with Gasteiger partial charge in [-0.15, -0.1) is 0 Å². The Kier molecular flexibility index (Phi) is 1.25. The highest BCUT2D eigenvalue weighted by atomic mass is 16.1. The number of fused-ring (bicyclic) bond motifs is 1. The van der Waals surface area contributed by atoms with Crippen LogP contribution in [0.2, 0.25) is 0 Å². The fourth-order valence-corrected chi connectivity index (χ4v) is 2.99. The maximum atomic E-state index is 11.7. The largest absolute Gasteiger partial charge is 0.294 e. The third-order valence-corrected chi connectivity index (χ3v) is 3.68. The molecule has 1 fully saturated rings. The Morgan fingerprint density at radius 2 is 2.00 bits per heavy atom. The first-order chi connectivity index (χ1) is 6.29. The van der Waals surface area contributed by atoms with Crippen molar-refractivity contribution in [2.45, 2.75) is 6.42 Å². The highest BCUT2D eigenvalue weighted by molar-refractivity contribution is 6.01. The average Bonchev–Trinajstić information content (AvgIpc) is 2.61. The molecule has 66 valence electrons. The molecule has 4 rings (SSSR count). The Labute approximate surface area is 77.8 Å². The maximum absolute atomic E-state index is 11.7. The molecule has 0 aromatic carbocycles. The molecule has 1 saturated carbocycles. The third-order valence-electron chi connectivity index (χ3n) is 3.68. The molecule has 1 nitrogen and oxygen atoms in total. The second-order valence-corrected chi connectivity index (χ2v) is 4.23. The normalized spacial score (nSPS) is 45.8. The number of allylic oxidation sites excluding steroid dienone is 5. The van der Waals surface area contributed by atoms with Gasteiger partial charge in [-0.25, -0.2) is 0 Å². The summed E-state index contributed by atoms with van der Waals surface area (Å²) in [5.41, 5.74) is 0.845. The van der Waals surface area contributed by atoms with Crippen LogP contribution in [0.5, 0.6) is 0 Å². The molecule has 4 atom stereocenters. The second-order valence-electron chi connectivity index (χ2n) is 4.23. The summed E-state index contributed by atoms with van der Waals surface area (Å²) < 4.78 is 0. The maximum Gasteiger partial charge on any atom is 0.166 e. The number of rotatable bonds is 0. The number of carbonyl (C=O) groups excluding carboxylic acids is 1. The van der Waals surface area contributed by atoms with Crippen LogP contribution in [0.1, 0.15) is 6.42 Å². The van der Waals surface area contributed by atoms with E-state index in [0.29, 0.717) is 17.8 Å². The van der Waals surface area contributed by atoms with Gasteiger partial charge < -0.3 is 0 Å². The average molecular weight is 172 g/mol. The van der Waals surface area contributed by atoms with Crippen LogP contribution in [0, 0.1) is 23.7 Å². The second kappa shape index (κ2) is 2.22. The zero-order valence-electron chi connectivity index (χ0n) is 7.44. The summed E-state index contributed by atoms with van der Waals surface area (Å²) in [6, 6.07) is 0. The molecule has 0 aromatic rings. The van der Waals surface area contributed by atoms with E-state index in [1.54, 1.807) is 0 Å².